The highest BCUT2D eigenvalue weighted by Gasteiger charge is 2.19. The molecule has 0 spiro atoms. The standard InChI is InChI=1S/C21H35N3O.2ClH/c1-16(2)13-20(22)21(25)23-14-17-9-7-8-10-18(17)15-24(3)19-11-5-4-6-12-19;;/h7-10,16,19-20H,4-6,11-15,22H2,1-3H3,(H,23,25);2*1H/t20-;;/m0../s1. The number of nitrogens with two attached hydrogens (primary N) is 1. The predicted octanol–water partition coefficient (Wildman–Crippen LogP) is 4.28. The van der Waals surface area contributed by atoms with Crippen LogP contribution >= 0.6 is 24.8 Å². The van der Waals surface area contributed by atoms with Crippen LogP contribution < -0.4 is 11.1 Å². The fourth-order valence-electron chi connectivity index (χ4n) is 3.73. The third-order valence-electron chi connectivity index (χ3n) is 5.25. The topological polar surface area (TPSA) is 58.4 Å². The van der Waals surface area contributed by atoms with Crippen molar-refractivity contribution in [2.75, 3.05) is 7.05 Å². The van der Waals surface area contributed by atoms with Crippen LogP contribution in [0.5, 0.6) is 0 Å². The Balaban J connectivity index is 0.00000338. The van der Waals surface area contributed by atoms with E-state index >= 15 is 0 Å². The second-order valence-corrected chi connectivity index (χ2v) is 7.93. The highest BCUT2D eigenvalue weighted by atomic mass is 35.5. The first kappa shape index (κ1) is 26.2. The van der Waals surface area contributed by atoms with Gasteiger partial charge in [0, 0.05) is 19.1 Å². The van der Waals surface area contributed by atoms with E-state index in [1.54, 1.807) is 0 Å². The molecule has 0 unspecified atom stereocenters. The normalized spacial score (nSPS) is 15.8. The first-order valence-corrected chi connectivity index (χ1v) is 9.77. The molecule has 6 heteroatoms. The molecule has 2 rings (SSSR count). The maximum Gasteiger partial charge on any atom is 0.237 e. The number of amides is 1. The summed E-state index contributed by atoms with van der Waals surface area (Å²) in [5, 5.41) is 3.01. The molecule has 1 aliphatic rings. The van der Waals surface area contributed by atoms with Crippen molar-refractivity contribution in [2.45, 2.75) is 77.5 Å². The molecule has 0 saturated heterocycles. The Morgan fingerprint density at radius 1 is 1.15 bits per heavy atom. The van der Waals surface area contributed by atoms with Crippen molar-refractivity contribution in [3.05, 3.63) is 35.4 Å². The van der Waals surface area contributed by atoms with Gasteiger partial charge in [-0.2, -0.15) is 0 Å². The summed E-state index contributed by atoms with van der Waals surface area (Å²) >= 11 is 0. The smallest absolute Gasteiger partial charge is 0.237 e. The van der Waals surface area contributed by atoms with Crippen molar-refractivity contribution in [2.24, 2.45) is 11.7 Å². The molecule has 0 aliphatic heterocycles. The zero-order valence-corrected chi connectivity index (χ0v) is 18.6. The number of halogens is 2. The van der Waals surface area contributed by atoms with Crippen LogP contribution in [0.4, 0.5) is 0 Å². The number of carbonyl (C=O) groups excluding carboxylic acids is 1. The van der Waals surface area contributed by atoms with E-state index in [0.29, 0.717) is 18.5 Å². The summed E-state index contributed by atoms with van der Waals surface area (Å²) in [7, 11) is 2.23. The predicted molar refractivity (Wildman–Crippen MR) is 119 cm³/mol. The molecular weight excluding hydrogens is 381 g/mol. The molecule has 0 bridgehead atoms. The second kappa shape index (κ2) is 13.4. The zero-order chi connectivity index (χ0) is 18.2. The highest BCUT2D eigenvalue weighted by molar-refractivity contribution is 5.85. The van der Waals surface area contributed by atoms with Crippen LogP contribution in [-0.4, -0.2) is 29.9 Å². The van der Waals surface area contributed by atoms with Gasteiger partial charge in [-0.1, -0.05) is 57.4 Å². The Labute approximate surface area is 177 Å². The van der Waals surface area contributed by atoms with E-state index in [0.717, 1.165) is 13.0 Å². The molecular formula is C21H37Cl2N3O. The monoisotopic (exact) mass is 417 g/mol. The SMILES string of the molecule is CC(C)C[C@H](N)C(=O)NCc1ccccc1CN(C)C1CCCCC1.Cl.Cl. The van der Waals surface area contributed by atoms with Crippen LogP contribution in [0.3, 0.4) is 0 Å². The average molecular weight is 418 g/mol. The number of rotatable bonds is 8. The van der Waals surface area contributed by atoms with Crippen molar-refractivity contribution in [3.63, 3.8) is 0 Å². The van der Waals surface area contributed by atoms with E-state index in [1.807, 2.05) is 6.07 Å². The quantitative estimate of drug-likeness (QED) is 0.662. The minimum Gasteiger partial charge on any atom is -0.351 e. The Kier molecular flexibility index (Phi) is 13.0. The van der Waals surface area contributed by atoms with Crippen LogP contribution in [0, 0.1) is 5.92 Å². The van der Waals surface area contributed by atoms with Gasteiger partial charge in [-0.05, 0) is 43.4 Å². The van der Waals surface area contributed by atoms with Gasteiger partial charge in [-0.25, -0.2) is 0 Å². The first-order valence-electron chi connectivity index (χ1n) is 9.77. The van der Waals surface area contributed by atoms with Crippen molar-refractivity contribution >= 4 is 30.7 Å². The fraction of sp³-hybridized carbons (Fsp3) is 0.667. The lowest BCUT2D eigenvalue weighted by Crippen LogP contribution is -2.41. The van der Waals surface area contributed by atoms with Crippen molar-refractivity contribution in [1.82, 2.24) is 10.2 Å². The molecule has 1 atom stereocenters. The summed E-state index contributed by atoms with van der Waals surface area (Å²) in [4.78, 5) is 14.7. The van der Waals surface area contributed by atoms with Gasteiger partial charge in [-0.15, -0.1) is 24.8 Å². The van der Waals surface area contributed by atoms with Crippen LogP contribution in [-0.2, 0) is 17.9 Å². The first-order chi connectivity index (χ1) is 12.0. The molecule has 1 aromatic rings. The summed E-state index contributed by atoms with van der Waals surface area (Å²) in [5.74, 6) is 0.376. The summed E-state index contributed by atoms with van der Waals surface area (Å²) in [5.41, 5.74) is 8.47. The van der Waals surface area contributed by atoms with Crippen LogP contribution in [0.15, 0.2) is 24.3 Å². The van der Waals surface area contributed by atoms with E-state index in [4.69, 9.17) is 5.73 Å². The minimum absolute atomic E-state index is 0. The van der Waals surface area contributed by atoms with Gasteiger partial charge in [0.15, 0.2) is 0 Å². The molecule has 0 heterocycles. The summed E-state index contributed by atoms with van der Waals surface area (Å²) in [6.45, 7) is 5.67. The lowest BCUT2D eigenvalue weighted by Gasteiger charge is -2.31. The number of hydrogen-bond donors (Lipinski definition) is 2. The lowest BCUT2D eigenvalue weighted by molar-refractivity contribution is -0.122. The highest BCUT2D eigenvalue weighted by Crippen LogP contribution is 2.23. The summed E-state index contributed by atoms with van der Waals surface area (Å²) in [6.07, 6.45) is 7.40. The Morgan fingerprint density at radius 3 is 2.33 bits per heavy atom. The molecule has 156 valence electrons. The van der Waals surface area contributed by atoms with Crippen LogP contribution in [0.2, 0.25) is 0 Å². The number of nitrogens with one attached hydrogen (secondary N) is 1. The summed E-state index contributed by atoms with van der Waals surface area (Å²) in [6, 6.07) is 8.68. The number of benzene rings is 1. The molecule has 0 radical (unpaired) electrons. The molecule has 4 nitrogen and oxygen atoms in total. The number of carbonyl (C=O) groups is 1. The molecule has 1 fully saturated rings. The molecule has 1 aliphatic carbocycles. The van der Waals surface area contributed by atoms with E-state index < -0.39 is 6.04 Å². The Morgan fingerprint density at radius 2 is 1.74 bits per heavy atom. The third-order valence-corrected chi connectivity index (χ3v) is 5.25. The largest absolute Gasteiger partial charge is 0.351 e. The third kappa shape index (κ3) is 8.82. The van der Waals surface area contributed by atoms with E-state index in [1.165, 1.54) is 43.2 Å². The number of hydrogen-bond acceptors (Lipinski definition) is 3. The maximum atomic E-state index is 12.2. The molecule has 1 amide bonds. The van der Waals surface area contributed by atoms with Gasteiger partial charge in [0.2, 0.25) is 5.91 Å². The summed E-state index contributed by atoms with van der Waals surface area (Å²) < 4.78 is 0. The van der Waals surface area contributed by atoms with Gasteiger partial charge in [-0.3, -0.25) is 9.69 Å². The van der Waals surface area contributed by atoms with Gasteiger partial charge >= 0.3 is 0 Å². The van der Waals surface area contributed by atoms with E-state index in [-0.39, 0.29) is 30.7 Å². The molecule has 27 heavy (non-hydrogen) atoms. The molecule has 1 aromatic carbocycles. The minimum atomic E-state index is -0.419. The Hall–Kier alpha value is -0.810. The van der Waals surface area contributed by atoms with Crippen LogP contribution in [0.25, 0.3) is 0 Å². The van der Waals surface area contributed by atoms with Gasteiger partial charge in [0.1, 0.15) is 0 Å². The van der Waals surface area contributed by atoms with Crippen LogP contribution in [0.1, 0.15) is 63.5 Å². The molecule has 3 N–H and O–H groups in total. The van der Waals surface area contributed by atoms with Gasteiger partial charge < -0.3 is 11.1 Å². The van der Waals surface area contributed by atoms with Gasteiger partial charge in [0.25, 0.3) is 0 Å². The van der Waals surface area contributed by atoms with Crippen molar-refractivity contribution in [1.29, 1.82) is 0 Å². The van der Waals surface area contributed by atoms with Gasteiger partial charge in [0.05, 0.1) is 6.04 Å². The van der Waals surface area contributed by atoms with E-state index in [2.05, 4.69) is 49.3 Å². The molecule has 1 saturated carbocycles. The average Bonchev–Trinajstić information content (AvgIpc) is 2.60. The van der Waals surface area contributed by atoms with E-state index in [9.17, 15) is 4.79 Å². The maximum absolute atomic E-state index is 12.2. The molecule has 0 aromatic heterocycles. The second-order valence-electron chi connectivity index (χ2n) is 7.93. The Bertz CT molecular complexity index is 548. The van der Waals surface area contributed by atoms with Crippen molar-refractivity contribution in [3.8, 4) is 0 Å². The van der Waals surface area contributed by atoms with Crippen molar-refractivity contribution < 1.29 is 4.79 Å². The zero-order valence-electron chi connectivity index (χ0n) is 16.9. The lowest BCUT2D eigenvalue weighted by atomic mass is 9.94. The number of nitrogens with zero attached hydrogens (tertiary/aromatic N) is 1. The fourth-order valence-corrected chi connectivity index (χ4v) is 3.73.